The summed E-state index contributed by atoms with van der Waals surface area (Å²) in [7, 11) is 0. The van der Waals surface area contributed by atoms with Crippen LogP contribution < -0.4 is 16.2 Å². The van der Waals surface area contributed by atoms with Gasteiger partial charge in [0.2, 0.25) is 0 Å². The lowest BCUT2D eigenvalue weighted by Gasteiger charge is -2.22. The van der Waals surface area contributed by atoms with E-state index in [9.17, 15) is 14.4 Å². The number of nitrogens with zero attached hydrogens (tertiary/aromatic N) is 1. The van der Waals surface area contributed by atoms with Crippen molar-refractivity contribution in [2.24, 2.45) is 5.84 Å². The summed E-state index contributed by atoms with van der Waals surface area (Å²) >= 11 is 0. The van der Waals surface area contributed by atoms with Gasteiger partial charge in [0.15, 0.2) is 0 Å². The molecule has 0 saturated carbocycles. The van der Waals surface area contributed by atoms with Crippen LogP contribution in [0.15, 0.2) is 18.2 Å². The van der Waals surface area contributed by atoms with E-state index in [0.717, 1.165) is 12.0 Å². The van der Waals surface area contributed by atoms with Gasteiger partial charge < -0.3 is 0 Å². The Morgan fingerprint density at radius 2 is 2.11 bits per heavy atom. The van der Waals surface area contributed by atoms with Gasteiger partial charge in [0.25, 0.3) is 17.6 Å². The highest BCUT2D eigenvalue weighted by Crippen LogP contribution is 2.31. The van der Waals surface area contributed by atoms with Crippen molar-refractivity contribution in [2.75, 3.05) is 4.90 Å². The van der Waals surface area contributed by atoms with E-state index in [0.29, 0.717) is 11.3 Å². The average molecular weight is 261 g/mol. The lowest BCUT2D eigenvalue weighted by molar-refractivity contribution is -0.124. The van der Waals surface area contributed by atoms with E-state index in [1.807, 2.05) is 18.4 Å². The number of fused-ring (bicyclic) bond motifs is 1. The van der Waals surface area contributed by atoms with Crippen molar-refractivity contribution in [3.05, 3.63) is 29.3 Å². The van der Waals surface area contributed by atoms with Crippen molar-refractivity contribution in [1.29, 1.82) is 0 Å². The summed E-state index contributed by atoms with van der Waals surface area (Å²) in [5.41, 5.74) is 3.77. The van der Waals surface area contributed by atoms with Crippen LogP contribution in [-0.2, 0) is 16.0 Å². The van der Waals surface area contributed by atoms with E-state index >= 15 is 0 Å². The molecule has 3 N–H and O–H groups in total. The third-order valence-corrected chi connectivity index (χ3v) is 3.30. The molecule has 0 aromatic heterocycles. The number of hydrogen-bond acceptors (Lipinski definition) is 4. The molecule has 19 heavy (non-hydrogen) atoms. The molecule has 6 heteroatoms. The Hall–Kier alpha value is -2.21. The number of hydrogen-bond donors (Lipinski definition) is 2. The fourth-order valence-corrected chi connectivity index (χ4v) is 2.15. The number of hydrazine groups is 1. The number of carbonyl (C=O) groups is 3. The smallest absolute Gasteiger partial charge is 0.293 e. The Bertz CT molecular complexity index is 568. The maximum absolute atomic E-state index is 12.0. The van der Waals surface area contributed by atoms with Gasteiger partial charge in [0.05, 0.1) is 11.3 Å². The highest BCUT2D eigenvalue weighted by Gasteiger charge is 2.40. The van der Waals surface area contributed by atoms with Crippen molar-refractivity contribution in [3.63, 3.8) is 0 Å². The minimum Gasteiger partial charge on any atom is -0.293 e. The summed E-state index contributed by atoms with van der Waals surface area (Å²) in [6, 6.07) is 4.40. The predicted octanol–water partition coefficient (Wildman–Crippen LogP) is 0.157. The fraction of sp³-hybridized carbons (Fsp3) is 0.308. The molecule has 0 bridgehead atoms. The van der Waals surface area contributed by atoms with Crippen LogP contribution in [-0.4, -0.2) is 23.6 Å². The number of nitrogens with one attached hydrogen (secondary N) is 1. The van der Waals surface area contributed by atoms with Crippen molar-refractivity contribution in [2.45, 2.75) is 26.3 Å². The van der Waals surface area contributed by atoms with Gasteiger partial charge in [-0.2, -0.15) is 0 Å². The van der Waals surface area contributed by atoms with E-state index in [1.165, 1.54) is 11.8 Å². The SMILES string of the molecule is CCc1ccc2c(c1)C(=O)C(=O)N2C(C)C(=O)NN. The van der Waals surface area contributed by atoms with Crippen molar-refractivity contribution in [1.82, 2.24) is 5.43 Å². The average Bonchev–Trinajstić information content (AvgIpc) is 2.69. The number of carbonyl (C=O) groups excluding carboxylic acids is 3. The van der Waals surface area contributed by atoms with E-state index < -0.39 is 23.6 Å². The minimum absolute atomic E-state index is 0.348. The molecule has 1 aliphatic rings. The zero-order valence-electron chi connectivity index (χ0n) is 10.8. The standard InChI is InChI=1S/C13H15N3O3/c1-3-8-4-5-10-9(6-8)11(17)13(19)16(10)7(2)12(18)15-14/h4-7H,3,14H2,1-2H3,(H,15,18). The maximum Gasteiger partial charge on any atom is 0.300 e. The van der Waals surface area contributed by atoms with E-state index in [4.69, 9.17) is 5.84 Å². The second kappa shape index (κ2) is 4.81. The third-order valence-electron chi connectivity index (χ3n) is 3.30. The molecule has 6 nitrogen and oxygen atoms in total. The molecule has 0 fully saturated rings. The predicted molar refractivity (Wildman–Crippen MR) is 69.4 cm³/mol. The van der Waals surface area contributed by atoms with Crippen LogP contribution in [0.25, 0.3) is 0 Å². The lowest BCUT2D eigenvalue weighted by Crippen LogP contribution is -2.49. The van der Waals surface area contributed by atoms with Crippen molar-refractivity contribution in [3.8, 4) is 0 Å². The van der Waals surface area contributed by atoms with Crippen LogP contribution in [0.5, 0.6) is 0 Å². The lowest BCUT2D eigenvalue weighted by atomic mass is 10.1. The summed E-state index contributed by atoms with van der Waals surface area (Å²) in [6.45, 7) is 3.49. The monoisotopic (exact) mass is 261 g/mol. The van der Waals surface area contributed by atoms with Crippen molar-refractivity contribution >= 4 is 23.3 Å². The molecule has 0 spiro atoms. The molecule has 1 atom stereocenters. The number of Topliss-reactive ketones (excluding diaryl/α,β-unsaturated/α-hetero) is 1. The van der Waals surface area contributed by atoms with Crippen LogP contribution in [0, 0.1) is 0 Å². The van der Waals surface area contributed by atoms with Gasteiger partial charge in [-0.3, -0.25) is 24.7 Å². The molecule has 1 aromatic rings. The van der Waals surface area contributed by atoms with Gasteiger partial charge >= 0.3 is 0 Å². The number of rotatable bonds is 3. The van der Waals surface area contributed by atoms with E-state index in [-0.39, 0.29) is 0 Å². The fourth-order valence-electron chi connectivity index (χ4n) is 2.15. The summed E-state index contributed by atoms with van der Waals surface area (Å²) in [4.78, 5) is 36.6. The molecule has 100 valence electrons. The number of ketones is 1. The quantitative estimate of drug-likeness (QED) is 0.351. The number of aryl methyl sites for hydroxylation is 1. The zero-order chi connectivity index (χ0) is 14.2. The third kappa shape index (κ3) is 2.00. The first kappa shape index (κ1) is 13.2. The normalized spacial score (nSPS) is 15.4. The van der Waals surface area contributed by atoms with E-state index in [2.05, 4.69) is 0 Å². The molecule has 1 heterocycles. The Morgan fingerprint density at radius 1 is 1.42 bits per heavy atom. The van der Waals surface area contributed by atoms with Gasteiger partial charge in [-0.1, -0.05) is 13.0 Å². The van der Waals surface area contributed by atoms with Crippen LogP contribution >= 0.6 is 0 Å². The van der Waals surface area contributed by atoms with Gasteiger partial charge in [0.1, 0.15) is 6.04 Å². The first-order chi connectivity index (χ1) is 9.01. The highest BCUT2D eigenvalue weighted by molar-refractivity contribution is 6.52. The van der Waals surface area contributed by atoms with E-state index in [1.54, 1.807) is 12.1 Å². The molecule has 1 aromatic carbocycles. The maximum atomic E-state index is 12.0. The van der Waals surface area contributed by atoms with Gasteiger partial charge in [0, 0.05) is 0 Å². The molecule has 2 amide bonds. The Balaban J connectivity index is 2.48. The molecular weight excluding hydrogens is 246 g/mol. The first-order valence-corrected chi connectivity index (χ1v) is 6.02. The zero-order valence-corrected chi connectivity index (χ0v) is 10.8. The van der Waals surface area contributed by atoms with Gasteiger partial charge in [-0.15, -0.1) is 0 Å². The number of nitrogens with two attached hydrogens (primary N) is 1. The Kier molecular flexibility index (Phi) is 3.35. The number of benzene rings is 1. The van der Waals surface area contributed by atoms with Gasteiger partial charge in [-0.25, -0.2) is 5.84 Å². The Labute approximate surface area is 110 Å². The molecule has 0 saturated heterocycles. The topological polar surface area (TPSA) is 92.5 Å². The largest absolute Gasteiger partial charge is 0.300 e. The van der Waals surface area contributed by atoms with Crippen LogP contribution in [0.3, 0.4) is 0 Å². The molecule has 0 aliphatic carbocycles. The first-order valence-electron chi connectivity index (χ1n) is 6.02. The summed E-state index contributed by atoms with van der Waals surface area (Å²) < 4.78 is 0. The summed E-state index contributed by atoms with van der Waals surface area (Å²) in [6.07, 6.45) is 0.771. The second-order valence-electron chi connectivity index (χ2n) is 4.39. The molecular formula is C13H15N3O3. The number of anilines is 1. The van der Waals surface area contributed by atoms with Crippen molar-refractivity contribution < 1.29 is 14.4 Å². The van der Waals surface area contributed by atoms with Crippen LogP contribution in [0.1, 0.15) is 29.8 Å². The highest BCUT2D eigenvalue weighted by atomic mass is 16.2. The minimum atomic E-state index is -0.824. The molecule has 2 rings (SSSR count). The van der Waals surface area contributed by atoms with Crippen LogP contribution in [0.4, 0.5) is 5.69 Å². The molecule has 1 unspecified atom stereocenters. The summed E-state index contributed by atoms with van der Waals surface area (Å²) in [5, 5.41) is 0. The molecule has 1 aliphatic heterocycles. The van der Waals surface area contributed by atoms with Gasteiger partial charge in [-0.05, 0) is 31.0 Å². The van der Waals surface area contributed by atoms with Crippen LogP contribution in [0.2, 0.25) is 0 Å². The molecule has 0 radical (unpaired) electrons. The number of amides is 2. The Morgan fingerprint density at radius 3 is 2.68 bits per heavy atom. The summed E-state index contributed by atoms with van der Waals surface area (Å²) in [5.74, 6) is 3.27. The second-order valence-corrected chi connectivity index (χ2v) is 4.39.